The second-order valence-corrected chi connectivity index (χ2v) is 5.44. The molecule has 2 fully saturated rings. The highest BCUT2D eigenvalue weighted by atomic mass is 19.1. The lowest BCUT2D eigenvalue weighted by Gasteiger charge is -2.27. The molecule has 1 aromatic carbocycles. The Bertz CT molecular complexity index is 504. The van der Waals surface area contributed by atoms with Gasteiger partial charge in [0.15, 0.2) is 0 Å². The van der Waals surface area contributed by atoms with E-state index >= 15 is 0 Å². The average molecular weight is 264 g/mol. The van der Waals surface area contributed by atoms with E-state index in [0.717, 1.165) is 19.4 Å². The van der Waals surface area contributed by atoms with Crippen LogP contribution in [0, 0.1) is 5.82 Å². The second-order valence-electron chi connectivity index (χ2n) is 5.44. The summed E-state index contributed by atoms with van der Waals surface area (Å²) < 4.78 is 13.7. The summed E-state index contributed by atoms with van der Waals surface area (Å²) in [6.07, 6.45) is 2.80. The Hall–Kier alpha value is -1.62. The van der Waals surface area contributed by atoms with Gasteiger partial charge in [-0.1, -0.05) is 12.1 Å². The van der Waals surface area contributed by atoms with Gasteiger partial charge in [0.25, 0.3) is 0 Å². The number of benzene rings is 1. The van der Waals surface area contributed by atoms with Crippen LogP contribution < -0.4 is 5.32 Å². The number of halogens is 1. The van der Waals surface area contributed by atoms with E-state index in [2.05, 4.69) is 10.2 Å². The van der Waals surface area contributed by atoms with Crippen molar-refractivity contribution in [3.63, 3.8) is 0 Å². The minimum atomic E-state index is -1.06. The summed E-state index contributed by atoms with van der Waals surface area (Å²) in [7, 11) is 0. The second kappa shape index (κ2) is 4.49. The third-order valence-corrected chi connectivity index (χ3v) is 4.02. The predicted molar refractivity (Wildman–Crippen MR) is 69.6 cm³/mol. The SMILES string of the molecule is O=C(O)C1(Nc2ccccc2F)CCN(C2CC2)C1. The Labute approximate surface area is 111 Å². The molecule has 3 rings (SSSR count). The van der Waals surface area contributed by atoms with Crippen molar-refractivity contribution in [1.29, 1.82) is 0 Å². The van der Waals surface area contributed by atoms with Crippen molar-refractivity contribution in [2.45, 2.75) is 30.8 Å². The monoisotopic (exact) mass is 264 g/mol. The molecule has 1 saturated carbocycles. The van der Waals surface area contributed by atoms with E-state index in [0.29, 0.717) is 19.0 Å². The fraction of sp³-hybridized carbons (Fsp3) is 0.500. The molecule has 1 unspecified atom stereocenters. The molecule has 1 aromatic rings. The Morgan fingerprint density at radius 3 is 2.79 bits per heavy atom. The number of anilines is 1. The summed E-state index contributed by atoms with van der Waals surface area (Å²) in [6, 6.07) is 6.75. The first-order valence-electron chi connectivity index (χ1n) is 6.61. The third kappa shape index (κ3) is 2.30. The number of para-hydroxylation sites is 1. The first-order valence-corrected chi connectivity index (χ1v) is 6.61. The molecular formula is C14H17FN2O2. The van der Waals surface area contributed by atoms with Crippen molar-refractivity contribution in [1.82, 2.24) is 4.90 Å². The van der Waals surface area contributed by atoms with Gasteiger partial charge in [-0.05, 0) is 31.4 Å². The summed E-state index contributed by atoms with van der Waals surface area (Å²) in [5, 5.41) is 12.4. The van der Waals surface area contributed by atoms with Gasteiger partial charge in [-0.25, -0.2) is 9.18 Å². The number of hydrogen-bond donors (Lipinski definition) is 2. The number of carbonyl (C=O) groups is 1. The minimum absolute atomic E-state index is 0.266. The molecule has 1 aliphatic carbocycles. The first kappa shape index (κ1) is 12.4. The van der Waals surface area contributed by atoms with Crippen LogP contribution in [0.15, 0.2) is 24.3 Å². The van der Waals surface area contributed by atoms with Crippen molar-refractivity contribution >= 4 is 11.7 Å². The van der Waals surface area contributed by atoms with Gasteiger partial charge in [0.1, 0.15) is 11.4 Å². The maximum absolute atomic E-state index is 13.7. The predicted octanol–water partition coefficient (Wildman–Crippen LogP) is 1.93. The fourth-order valence-corrected chi connectivity index (χ4v) is 2.74. The highest BCUT2D eigenvalue weighted by Crippen LogP contribution is 2.35. The Balaban J connectivity index is 1.82. The van der Waals surface area contributed by atoms with E-state index < -0.39 is 17.3 Å². The lowest BCUT2D eigenvalue weighted by Crippen LogP contribution is -2.49. The first-order chi connectivity index (χ1) is 9.11. The van der Waals surface area contributed by atoms with Gasteiger partial charge in [-0.3, -0.25) is 4.90 Å². The zero-order valence-corrected chi connectivity index (χ0v) is 10.6. The van der Waals surface area contributed by atoms with Crippen LogP contribution in [0.25, 0.3) is 0 Å². The molecule has 1 heterocycles. The van der Waals surface area contributed by atoms with Crippen LogP contribution in [0.3, 0.4) is 0 Å². The Kier molecular flexibility index (Phi) is 2.93. The van der Waals surface area contributed by atoms with Crippen LogP contribution in [0.4, 0.5) is 10.1 Å². The number of nitrogens with zero attached hydrogens (tertiary/aromatic N) is 1. The summed E-state index contributed by atoms with van der Waals surface area (Å²) in [5.74, 6) is -1.31. The highest BCUT2D eigenvalue weighted by Gasteiger charge is 2.48. The molecule has 0 spiro atoms. The summed E-state index contributed by atoms with van der Waals surface area (Å²) in [6.45, 7) is 1.21. The molecule has 1 atom stereocenters. The van der Waals surface area contributed by atoms with E-state index in [-0.39, 0.29) is 5.69 Å². The maximum Gasteiger partial charge on any atom is 0.330 e. The topological polar surface area (TPSA) is 52.6 Å². The van der Waals surface area contributed by atoms with E-state index in [1.807, 2.05) is 0 Å². The molecule has 2 aliphatic rings. The average Bonchev–Trinajstić information content (AvgIpc) is 3.14. The number of hydrogen-bond acceptors (Lipinski definition) is 3. The largest absolute Gasteiger partial charge is 0.479 e. The van der Waals surface area contributed by atoms with Gasteiger partial charge in [0, 0.05) is 19.1 Å². The molecule has 0 bridgehead atoms. The fourth-order valence-electron chi connectivity index (χ4n) is 2.74. The molecule has 0 amide bonds. The molecule has 0 aromatic heterocycles. The van der Waals surface area contributed by atoms with Gasteiger partial charge in [-0.2, -0.15) is 0 Å². The molecule has 4 nitrogen and oxygen atoms in total. The smallest absolute Gasteiger partial charge is 0.330 e. The molecule has 102 valence electrons. The molecule has 1 aliphatic heterocycles. The van der Waals surface area contributed by atoms with E-state index in [1.165, 1.54) is 6.07 Å². The molecule has 0 radical (unpaired) electrons. The normalized spacial score (nSPS) is 27.4. The van der Waals surface area contributed by atoms with Crippen molar-refractivity contribution < 1.29 is 14.3 Å². The van der Waals surface area contributed by atoms with Crippen LogP contribution in [0.2, 0.25) is 0 Å². The van der Waals surface area contributed by atoms with Crippen LogP contribution in [0.1, 0.15) is 19.3 Å². The molecule has 1 saturated heterocycles. The van der Waals surface area contributed by atoms with E-state index in [4.69, 9.17) is 0 Å². The molecule has 2 N–H and O–H groups in total. The quantitative estimate of drug-likeness (QED) is 0.872. The van der Waals surface area contributed by atoms with Gasteiger partial charge in [0.05, 0.1) is 5.69 Å². The lowest BCUT2D eigenvalue weighted by atomic mass is 9.98. The summed E-state index contributed by atoms with van der Waals surface area (Å²) in [4.78, 5) is 13.8. The van der Waals surface area contributed by atoms with Crippen LogP contribution in [0.5, 0.6) is 0 Å². The van der Waals surface area contributed by atoms with E-state index in [1.54, 1.807) is 18.2 Å². The van der Waals surface area contributed by atoms with Crippen molar-refractivity contribution in [3.05, 3.63) is 30.1 Å². The van der Waals surface area contributed by atoms with Gasteiger partial charge in [-0.15, -0.1) is 0 Å². The number of nitrogens with one attached hydrogen (secondary N) is 1. The van der Waals surface area contributed by atoms with Crippen LogP contribution in [-0.4, -0.2) is 40.6 Å². The Morgan fingerprint density at radius 1 is 1.42 bits per heavy atom. The van der Waals surface area contributed by atoms with Gasteiger partial charge in [0.2, 0.25) is 0 Å². The van der Waals surface area contributed by atoms with Crippen molar-refractivity contribution in [3.8, 4) is 0 Å². The van der Waals surface area contributed by atoms with Crippen LogP contribution in [-0.2, 0) is 4.79 Å². The summed E-state index contributed by atoms with van der Waals surface area (Å²) in [5.41, 5.74) is -0.798. The van der Waals surface area contributed by atoms with E-state index in [9.17, 15) is 14.3 Å². The van der Waals surface area contributed by atoms with Crippen molar-refractivity contribution in [2.75, 3.05) is 18.4 Å². The molecule has 5 heteroatoms. The molecule has 19 heavy (non-hydrogen) atoms. The highest BCUT2D eigenvalue weighted by molar-refractivity contribution is 5.83. The number of rotatable bonds is 4. The number of carboxylic acids is 1. The Morgan fingerprint density at radius 2 is 2.16 bits per heavy atom. The van der Waals surface area contributed by atoms with Crippen LogP contribution >= 0.6 is 0 Å². The zero-order valence-electron chi connectivity index (χ0n) is 10.6. The number of likely N-dealkylation sites (tertiary alicyclic amines) is 1. The summed E-state index contributed by atoms with van der Waals surface area (Å²) >= 11 is 0. The van der Waals surface area contributed by atoms with Gasteiger partial charge < -0.3 is 10.4 Å². The number of carboxylic acid groups (broad SMARTS) is 1. The van der Waals surface area contributed by atoms with Crippen molar-refractivity contribution in [2.24, 2.45) is 0 Å². The number of aliphatic carboxylic acids is 1. The third-order valence-electron chi connectivity index (χ3n) is 4.02. The minimum Gasteiger partial charge on any atom is -0.479 e. The zero-order chi connectivity index (χ0) is 13.5. The van der Waals surface area contributed by atoms with Gasteiger partial charge >= 0.3 is 5.97 Å². The maximum atomic E-state index is 13.7. The standard InChI is InChI=1S/C14H17FN2O2/c15-11-3-1-2-4-12(11)16-14(13(18)19)7-8-17(9-14)10-5-6-10/h1-4,10,16H,5-9H2,(H,18,19). The lowest BCUT2D eigenvalue weighted by molar-refractivity contribution is -0.141. The molecular weight excluding hydrogens is 247 g/mol.